The van der Waals surface area contributed by atoms with E-state index in [1.54, 1.807) is 17.0 Å². The number of imide groups is 1. The molecule has 21 heavy (non-hydrogen) atoms. The van der Waals surface area contributed by atoms with E-state index in [0.717, 1.165) is 11.1 Å². The van der Waals surface area contributed by atoms with Crippen molar-refractivity contribution in [1.29, 1.82) is 0 Å². The summed E-state index contributed by atoms with van der Waals surface area (Å²) in [5.41, 5.74) is 2.94. The molecular formula is C17H14N2O2. The van der Waals surface area contributed by atoms with Crippen LogP contribution >= 0.6 is 0 Å². The van der Waals surface area contributed by atoms with E-state index >= 15 is 0 Å². The number of rotatable bonds is 1. The lowest BCUT2D eigenvalue weighted by molar-refractivity contribution is -0.119. The van der Waals surface area contributed by atoms with Gasteiger partial charge in [0.15, 0.2) is 0 Å². The molecule has 0 spiro atoms. The maximum Gasteiger partial charge on any atom is 0.332 e. The fourth-order valence-electron chi connectivity index (χ4n) is 3.13. The van der Waals surface area contributed by atoms with Gasteiger partial charge in [-0.05, 0) is 23.3 Å². The molecule has 1 saturated heterocycles. The van der Waals surface area contributed by atoms with Gasteiger partial charge in [0, 0.05) is 13.0 Å². The lowest BCUT2D eigenvalue weighted by Gasteiger charge is -2.28. The molecule has 0 aliphatic carbocycles. The van der Waals surface area contributed by atoms with Crippen molar-refractivity contribution >= 4 is 17.6 Å². The van der Waals surface area contributed by atoms with E-state index < -0.39 is 0 Å². The predicted molar refractivity (Wildman–Crippen MR) is 78.8 cm³/mol. The van der Waals surface area contributed by atoms with Crippen LogP contribution in [0, 0.1) is 0 Å². The number of nitrogens with zero attached hydrogens (tertiary/aromatic N) is 2. The zero-order valence-electron chi connectivity index (χ0n) is 11.4. The molecule has 3 amide bonds. The van der Waals surface area contributed by atoms with Gasteiger partial charge in [0.25, 0.3) is 5.91 Å². The number of urea groups is 1. The van der Waals surface area contributed by atoms with E-state index in [1.807, 2.05) is 42.5 Å². The molecule has 0 N–H and O–H groups in total. The zero-order chi connectivity index (χ0) is 14.4. The predicted octanol–water partition coefficient (Wildman–Crippen LogP) is 2.58. The largest absolute Gasteiger partial charge is 0.332 e. The summed E-state index contributed by atoms with van der Waals surface area (Å²) in [7, 11) is 0. The minimum absolute atomic E-state index is 0.124. The van der Waals surface area contributed by atoms with Crippen LogP contribution in [0.4, 0.5) is 10.5 Å². The average Bonchev–Trinajstić information content (AvgIpc) is 2.77. The second kappa shape index (κ2) is 4.45. The summed E-state index contributed by atoms with van der Waals surface area (Å²) < 4.78 is 0. The summed E-state index contributed by atoms with van der Waals surface area (Å²) >= 11 is 0. The first-order chi connectivity index (χ1) is 10.3. The summed E-state index contributed by atoms with van der Waals surface area (Å²) in [4.78, 5) is 28.2. The number of anilines is 1. The fraction of sp³-hybridized carbons (Fsp3) is 0.176. The van der Waals surface area contributed by atoms with E-state index in [-0.39, 0.29) is 18.0 Å². The number of benzene rings is 2. The summed E-state index contributed by atoms with van der Waals surface area (Å²) in [6.45, 7) is 0.509. The Hall–Kier alpha value is -2.62. The molecule has 4 heteroatoms. The van der Waals surface area contributed by atoms with Gasteiger partial charge in [-0.25, -0.2) is 9.69 Å². The van der Waals surface area contributed by atoms with Crippen LogP contribution < -0.4 is 4.90 Å². The molecule has 2 aromatic carbocycles. The Morgan fingerprint density at radius 3 is 2.29 bits per heavy atom. The number of carbonyl (C=O) groups is 2. The van der Waals surface area contributed by atoms with Crippen molar-refractivity contribution in [2.24, 2.45) is 0 Å². The van der Waals surface area contributed by atoms with Crippen LogP contribution in [0.15, 0.2) is 54.6 Å². The molecule has 2 heterocycles. The summed E-state index contributed by atoms with van der Waals surface area (Å²) in [6, 6.07) is 16.5. The standard InChI is InChI=1S/C17H14N2O2/c20-16-15-10-12-6-4-5-7-13(12)11-18(15)17(21)19(16)14-8-2-1-3-9-14/h1-9,15H,10-11H2/t15-/m1/s1. The molecule has 1 fully saturated rings. The molecule has 2 aromatic rings. The highest BCUT2D eigenvalue weighted by molar-refractivity contribution is 6.21. The molecule has 0 radical (unpaired) electrons. The van der Waals surface area contributed by atoms with Gasteiger partial charge in [0.1, 0.15) is 6.04 Å². The van der Waals surface area contributed by atoms with Crippen molar-refractivity contribution in [2.45, 2.75) is 19.0 Å². The third-order valence-electron chi connectivity index (χ3n) is 4.21. The molecule has 0 saturated carbocycles. The van der Waals surface area contributed by atoms with E-state index in [9.17, 15) is 9.59 Å². The number of fused-ring (bicyclic) bond motifs is 2. The van der Waals surface area contributed by atoms with Crippen molar-refractivity contribution in [1.82, 2.24) is 4.90 Å². The highest BCUT2D eigenvalue weighted by Gasteiger charge is 2.47. The number of amides is 3. The van der Waals surface area contributed by atoms with Crippen LogP contribution in [-0.2, 0) is 17.8 Å². The van der Waals surface area contributed by atoms with Crippen molar-refractivity contribution in [3.8, 4) is 0 Å². The molecule has 0 aromatic heterocycles. The normalized spacial score (nSPS) is 20.5. The SMILES string of the molecule is O=C1[C@H]2Cc3ccccc3CN2C(=O)N1c1ccccc1. The van der Waals surface area contributed by atoms with Crippen molar-refractivity contribution in [3.05, 3.63) is 65.7 Å². The second-order valence-corrected chi connectivity index (χ2v) is 5.41. The van der Waals surface area contributed by atoms with Crippen molar-refractivity contribution < 1.29 is 9.59 Å². The first kappa shape index (κ1) is 12.1. The van der Waals surface area contributed by atoms with Gasteiger partial charge < -0.3 is 4.90 Å². The topological polar surface area (TPSA) is 40.6 Å². The van der Waals surface area contributed by atoms with Gasteiger partial charge in [0.05, 0.1) is 5.69 Å². The van der Waals surface area contributed by atoms with Gasteiger partial charge in [0.2, 0.25) is 0 Å². The number of hydrogen-bond acceptors (Lipinski definition) is 2. The van der Waals surface area contributed by atoms with Gasteiger partial charge in [-0.3, -0.25) is 4.79 Å². The monoisotopic (exact) mass is 278 g/mol. The van der Waals surface area contributed by atoms with Crippen LogP contribution in [0.1, 0.15) is 11.1 Å². The van der Waals surface area contributed by atoms with Gasteiger partial charge in [-0.1, -0.05) is 42.5 Å². The van der Waals surface area contributed by atoms with Crippen LogP contribution in [0.2, 0.25) is 0 Å². The van der Waals surface area contributed by atoms with Crippen molar-refractivity contribution in [2.75, 3.05) is 4.90 Å². The smallest absolute Gasteiger partial charge is 0.307 e. The van der Waals surface area contributed by atoms with Crippen molar-refractivity contribution in [3.63, 3.8) is 0 Å². The number of para-hydroxylation sites is 1. The Bertz CT molecular complexity index is 684. The number of hydrogen-bond donors (Lipinski definition) is 0. The zero-order valence-corrected chi connectivity index (χ0v) is 11.4. The lowest BCUT2D eigenvalue weighted by Crippen LogP contribution is -2.39. The average molecular weight is 278 g/mol. The molecule has 2 aliphatic heterocycles. The van der Waals surface area contributed by atoms with Crippen LogP contribution in [0.5, 0.6) is 0 Å². The molecule has 2 aliphatic rings. The Kier molecular flexibility index (Phi) is 2.57. The Labute approximate surface area is 122 Å². The maximum atomic E-state index is 12.6. The maximum absolute atomic E-state index is 12.6. The van der Waals surface area contributed by atoms with Crippen LogP contribution in [0.3, 0.4) is 0 Å². The van der Waals surface area contributed by atoms with Gasteiger partial charge in [-0.2, -0.15) is 0 Å². The summed E-state index contributed by atoms with van der Waals surface area (Å²) in [6.07, 6.45) is 0.601. The molecular weight excluding hydrogens is 264 g/mol. The molecule has 4 rings (SSSR count). The van der Waals surface area contributed by atoms with E-state index in [2.05, 4.69) is 0 Å². The van der Waals surface area contributed by atoms with E-state index in [4.69, 9.17) is 0 Å². The third-order valence-corrected chi connectivity index (χ3v) is 4.21. The quantitative estimate of drug-likeness (QED) is 0.752. The third kappa shape index (κ3) is 1.76. The molecule has 0 bridgehead atoms. The molecule has 1 atom stereocenters. The van der Waals surface area contributed by atoms with E-state index in [0.29, 0.717) is 18.7 Å². The minimum atomic E-state index is -0.368. The van der Waals surface area contributed by atoms with Gasteiger partial charge in [-0.15, -0.1) is 0 Å². The first-order valence-electron chi connectivity index (χ1n) is 7.02. The first-order valence-corrected chi connectivity index (χ1v) is 7.02. The lowest BCUT2D eigenvalue weighted by atomic mass is 9.95. The Morgan fingerprint density at radius 1 is 0.857 bits per heavy atom. The highest BCUT2D eigenvalue weighted by Crippen LogP contribution is 2.32. The molecule has 4 nitrogen and oxygen atoms in total. The highest BCUT2D eigenvalue weighted by atomic mass is 16.2. The van der Waals surface area contributed by atoms with Crippen LogP contribution in [0.25, 0.3) is 0 Å². The van der Waals surface area contributed by atoms with E-state index in [1.165, 1.54) is 4.90 Å². The molecule has 0 unspecified atom stereocenters. The number of carbonyl (C=O) groups excluding carboxylic acids is 2. The second-order valence-electron chi connectivity index (χ2n) is 5.41. The van der Waals surface area contributed by atoms with Gasteiger partial charge >= 0.3 is 6.03 Å². The van der Waals surface area contributed by atoms with Crippen LogP contribution in [-0.4, -0.2) is 22.9 Å². The minimum Gasteiger partial charge on any atom is -0.307 e. The fourth-order valence-corrected chi connectivity index (χ4v) is 3.13. The molecule has 104 valence electrons. The Morgan fingerprint density at radius 2 is 1.52 bits per heavy atom. The summed E-state index contributed by atoms with van der Waals surface area (Å²) in [5, 5.41) is 0. The Balaban J connectivity index is 1.73. The summed E-state index contributed by atoms with van der Waals surface area (Å²) in [5.74, 6) is -0.124.